The van der Waals surface area contributed by atoms with Gasteiger partial charge in [0.15, 0.2) is 0 Å². The van der Waals surface area contributed by atoms with Gasteiger partial charge in [-0.2, -0.15) is 0 Å². The average Bonchev–Trinajstić information content (AvgIpc) is 3.15. The van der Waals surface area contributed by atoms with Crippen molar-refractivity contribution in [1.29, 1.82) is 0 Å². The zero-order chi connectivity index (χ0) is 17.2. The summed E-state index contributed by atoms with van der Waals surface area (Å²) in [6, 6.07) is 11.1. The van der Waals surface area contributed by atoms with Crippen molar-refractivity contribution in [2.45, 2.75) is 25.4 Å². The van der Waals surface area contributed by atoms with Gasteiger partial charge in [-0.15, -0.1) is 0 Å². The molecular weight excluding hydrogens is 316 g/mol. The largest absolute Gasteiger partial charge is 0.334 e. The fourth-order valence-corrected chi connectivity index (χ4v) is 3.44. The van der Waals surface area contributed by atoms with Gasteiger partial charge in [0.05, 0.1) is 23.3 Å². The molecule has 1 amide bonds. The minimum atomic E-state index is -0.184. The number of pyridine rings is 1. The lowest BCUT2D eigenvalue weighted by atomic mass is 10.1. The summed E-state index contributed by atoms with van der Waals surface area (Å²) in [6.07, 6.45) is 6.86. The molecule has 1 saturated heterocycles. The molecule has 0 aliphatic carbocycles. The Morgan fingerprint density at radius 3 is 2.92 bits per heavy atom. The summed E-state index contributed by atoms with van der Waals surface area (Å²) in [4.78, 5) is 35.7. The fraction of sp³-hybridized carbons (Fsp3) is 0.263. The van der Waals surface area contributed by atoms with Gasteiger partial charge in [-0.1, -0.05) is 18.2 Å². The predicted molar refractivity (Wildman–Crippen MR) is 93.9 cm³/mol. The Labute approximate surface area is 144 Å². The van der Waals surface area contributed by atoms with Crippen LogP contribution in [0, 0.1) is 0 Å². The summed E-state index contributed by atoms with van der Waals surface area (Å²) in [5, 5.41) is 0.531. The number of hydrogen-bond acceptors (Lipinski definition) is 4. The Bertz CT molecular complexity index is 968. The highest BCUT2D eigenvalue weighted by Crippen LogP contribution is 2.31. The molecule has 0 spiro atoms. The molecule has 1 atom stereocenters. The number of amides is 1. The zero-order valence-corrected chi connectivity index (χ0v) is 13.7. The third kappa shape index (κ3) is 2.91. The van der Waals surface area contributed by atoms with Gasteiger partial charge in [0, 0.05) is 18.9 Å². The normalized spacial score (nSPS) is 17.1. The predicted octanol–water partition coefficient (Wildman–Crippen LogP) is 2.16. The summed E-state index contributed by atoms with van der Waals surface area (Å²) in [7, 11) is 0. The van der Waals surface area contributed by atoms with Gasteiger partial charge in [-0.25, -0.2) is 4.98 Å². The number of rotatable bonds is 3. The first-order valence-corrected chi connectivity index (χ1v) is 8.37. The first-order chi connectivity index (χ1) is 12.2. The topological polar surface area (TPSA) is 68.1 Å². The quantitative estimate of drug-likeness (QED) is 0.736. The molecule has 6 nitrogen and oxygen atoms in total. The van der Waals surface area contributed by atoms with Crippen molar-refractivity contribution < 1.29 is 4.79 Å². The minimum Gasteiger partial charge on any atom is -0.334 e. The monoisotopic (exact) mass is 334 g/mol. The van der Waals surface area contributed by atoms with Crippen molar-refractivity contribution in [3.63, 3.8) is 0 Å². The molecule has 0 saturated carbocycles. The van der Waals surface area contributed by atoms with E-state index in [1.54, 1.807) is 30.6 Å². The fourth-order valence-electron chi connectivity index (χ4n) is 3.44. The lowest BCUT2D eigenvalue weighted by Gasteiger charge is -2.25. The maximum absolute atomic E-state index is 12.8. The maximum atomic E-state index is 12.8. The van der Waals surface area contributed by atoms with Crippen molar-refractivity contribution in [2.75, 3.05) is 6.54 Å². The van der Waals surface area contributed by atoms with Gasteiger partial charge >= 0.3 is 0 Å². The van der Waals surface area contributed by atoms with Crippen LogP contribution in [0.5, 0.6) is 0 Å². The molecule has 1 aliphatic rings. The van der Waals surface area contributed by atoms with Crippen LogP contribution in [0.3, 0.4) is 0 Å². The van der Waals surface area contributed by atoms with Crippen LogP contribution in [0.15, 0.2) is 59.9 Å². The standard InChI is InChI=1S/C19H18N4O2/c24-18(23-10-4-8-17(23)14-5-3-9-20-11-14)12-22-13-21-16-7-2-1-6-15(16)19(22)25/h1-3,5-7,9,11,13,17H,4,8,10,12H2/t17-/m1/s1. The number of carbonyl (C=O) groups excluding carboxylic acids is 1. The van der Waals surface area contributed by atoms with E-state index in [1.165, 1.54) is 10.9 Å². The third-order valence-corrected chi connectivity index (χ3v) is 4.68. The van der Waals surface area contributed by atoms with Crippen LogP contribution >= 0.6 is 0 Å². The van der Waals surface area contributed by atoms with Crippen LogP contribution in [-0.2, 0) is 11.3 Å². The van der Waals surface area contributed by atoms with Crippen LogP contribution in [0.25, 0.3) is 10.9 Å². The summed E-state index contributed by atoms with van der Waals surface area (Å²) in [6.45, 7) is 0.710. The molecule has 1 aromatic carbocycles. The van der Waals surface area contributed by atoms with E-state index in [-0.39, 0.29) is 24.1 Å². The Hall–Kier alpha value is -3.02. The van der Waals surface area contributed by atoms with E-state index in [0.717, 1.165) is 18.4 Å². The minimum absolute atomic E-state index is 0.00737. The lowest BCUT2D eigenvalue weighted by molar-refractivity contribution is -0.132. The van der Waals surface area contributed by atoms with E-state index in [9.17, 15) is 9.59 Å². The van der Waals surface area contributed by atoms with E-state index in [0.29, 0.717) is 17.4 Å². The first kappa shape index (κ1) is 15.5. The van der Waals surface area contributed by atoms with Gasteiger partial charge < -0.3 is 4.90 Å². The Kier molecular flexibility index (Phi) is 4.01. The lowest BCUT2D eigenvalue weighted by Crippen LogP contribution is -2.36. The highest BCUT2D eigenvalue weighted by molar-refractivity contribution is 5.79. The van der Waals surface area contributed by atoms with E-state index >= 15 is 0 Å². The van der Waals surface area contributed by atoms with Crippen LogP contribution in [0.4, 0.5) is 0 Å². The number of benzene rings is 1. The van der Waals surface area contributed by atoms with Crippen molar-refractivity contribution in [1.82, 2.24) is 19.4 Å². The molecule has 0 N–H and O–H groups in total. The SMILES string of the molecule is O=C(Cn1cnc2ccccc2c1=O)N1CCC[C@@H]1c1cccnc1. The van der Waals surface area contributed by atoms with Crippen molar-refractivity contribution >= 4 is 16.8 Å². The molecule has 25 heavy (non-hydrogen) atoms. The molecule has 6 heteroatoms. The number of para-hydroxylation sites is 1. The second kappa shape index (κ2) is 6.47. The number of likely N-dealkylation sites (tertiary alicyclic amines) is 1. The maximum Gasteiger partial charge on any atom is 0.261 e. The molecule has 0 unspecified atom stereocenters. The number of fused-ring (bicyclic) bond motifs is 1. The van der Waals surface area contributed by atoms with E-state index in [2.05, 4.69) is 9.97 Å². The highest BCUT2D eigenvalue weighted by Gasteiger charge is 2.30. The van der Waals surface area contributed by atoms with Crippen molar-refractivity contribution in [3.8, 4) is 0 Å². The van der Waals surface area contributed by atoms with Crippen LogP contribution in [0.2, 0.25) is 0 Å². The number of nitrogens with zero attached hydrogens (tertiary/aromatic N) is 4. The molecule has 0 bridgehead atoms. The third-order valence-electron chi connectivity index (χ3n) is 4.68. The molecule has 126 valence electrons. The molecule has 0 radical (unpaired) electrons. The summed E-state index contributed by atoms with van der Waals surface area (Å²) >= 11 is 0. The number of carbonyl (C=O) groups is 1. The molecule has 3 heterocycles. The van der Waals surface area contributed by atoms with Crippen molar-refractivity contribution in [3.05, 3.63) is 71.0 Å². The Morgan fingerprint density at radius 2 is 2.08 bits per heavy atom. The van der Waals surface area contributed by atoms with Crippen LogP contribution in [0.1, 0.15) is 24.4 Å². The average molecular weight is 334 g/mol. The Balaban J connectivity index is 1.60. The van der Waals surface area contributed by atoms with Crippen LogP contribution in [-0.4, -0.2) is 31.9 Å². The molecule has 4 rings (SSSR count). The molecule has 2 aromatic heterocycles. The number of aromatic nitrogens is 3. The van der Waals surface area contributed by atoms with Crippen molar-refractivity contribution in [2.24, 2.45) is 0 Å². The summed E-state index contributed by atoms with van der Waals surface area (Å²) < 4.78 is 1.39. The molecule has 1 aliphatic heterocycles. The van der Waals surface area contributed by atoms with Gasteiger partial charge in [0.1, 0.15) is 6.54 Å². The molecule has 1 fully saturated rings. The van der Waals surface area contributed by atoms with E-state index in [4.69, 9.17) is 0 Å². The van der Waals surface area contributed by atoms with Gasteiger partial charge in [-0.3, -0.25) is 19.1 Å². The van der Waals surface area contributed by atoms with Gasteiger partial charge in [0.25, 0.3) is 5.56 Å². The van der Waals surface area contributed by atoms with Gasteiger partial charge in [0.2, 0.25) is 5.91 Å². The van der Waals surface area contributed by atoms with Gasteiger partial charge in [-0.05, 0) is 36.6 Å². The number of hydrogen-bond donors (Lipinski definition) is 0. The highest BCUT2D eigenvalue weighted by atomic mass is 16.2. The zero-order valence-electron chi connectivity index (χ0n) is 13.7. The van der Waals surface area contributed by atoms with E-state index < -0.39 is 0 Å². The molecule has 3 aromatic rings. The second-order valence-corrected chi connectivity index (χ2v) is 6.23. The first-order valence-electron chi connectivity index (χ1n) is 8.37. The van der Waals surface area contributed by atoms with Crippen LogP contribution < -0.4 is 5.56 Å². The summed E-state index contributed by atoms with van der Waals surface area (Å²) in [5.41, 5.74) is 1.50. The summed E-state index contributed by atoms with van der Waals surface area (Å²) in [5.74, 6) is -0.0643. The second-order valence-electron chi connectivity index (χ2n) is 6.23. The molecular formula is C19H18N4O2. The smallest absolute Gasteiger partial charge is 0.261 e. The Morgan fingerprint density at radius 1 is 1.20 bits per heavy atom. The van der Waals surface area contributed by atoms with E-state index in [1.807, 2.05) is 23.1 Å².